The Morgan fingerprint density at radius 3 is 2.05 bits per heavy atom. The van der Waals surface area contributed by atoms with Gasteiger partial charge in [0.05, 0.1) is 16.3 Å². The number of hydrogen-bond donors (Lipinski definition) is 2. The van der Waals surface area contributed by atoms with Crippen LogP contribution in [-0.4, -0.2) is 47.3 Å². The van der Waals surface area contributed by atoms with Crippen molar-refractivity contribution in [3.63, 3.8) is 0 Å². The van der Waals surface area contributed by atoms with E-state index in [-0.39, 0.29) is 22.2 Å². The minimum Gasteiger partial charge on any atom is -0.342 e. The molecule has 1 amide bonds. The smallest absolute Gasteiger partial charge is 0.241 e. The van der Waals surface area contributed by atoms with Crippen LogP contribution in [0.4, 0.5) is 0 Å². The lowest BCUT2D eigenvalue weighted by Crippen LogP contribution is -2.38. The van der Waals surface area contributed by atoms with Crippen molar-refractivity contribution < 1.29 is 21.6 Å². The van der Waals surface area contributed by atoms with E-state index in [1.807, 2.05) is 0 Å². The van der Waals surface area contributed by atoms with E-state index in [2.05, 4.69) is 4.72 Å². The van der Waals surface area contributed by atoms with Gasteiger partial charge in [-0.15, -0.1) is 0 Å². The number of sulfonamides is 2. The second kappa shape index (κ2) is 6.32. The number of rotatable bonds is 5. The number of nitrogens with zero attached hydrogens (tertiary/aromatic N) is 1. The van der Waals surface area contributed by atoms with Crippen LogP contribution < -0.4 is 9.86 Å². The van der Waals surface area contributed by atoms with Crippen molar-refractivity contribution in [1.29, 1.82) is 0 Å². The Morgan fingerprint density at radius 1 is 1.05 bits per heavy atom. The molecule has 0 aliphatic carbocycles. The van der Waals surface area contributed by atoms with Crippen LogP contribution in [0.25, 0.3) is 0 Å². The zero-order valence-corrected chi connectivity index (χ0v) is 13.4. The molecule has 1 aromatic carbocycles. The number of nitrogens with two attached hydrogens (primary N) is 1. The van der Waals surface area contributed by atoms with Gasteiger partial charge >= 0.3 is 0 Å². The third-order valence-electron chi connectivity index (χ3n) is 3.33. The van der Waals surface area contributed by atoms with Gasteiger partial charge in [-0.1, -0.05) is 0 Å². The van der Waals surface area contributed by atoms with Crippen LogP contribution >= 0.6 is 0 Å². The number of carbonyl (C=O) groups excluding carboxylic acids is 1. The highest BCUT2D eigenvalue weighted by molar-refractivity contribution is 7.89. The molecule has 0 atom stereocenters. The number of nitrogens with one attached hydrogen (secondary N) is 1. The minimum absolute atomic E-state index is 0.130. The first kappa shape index (κ1) is 16.9. The van der Waals surface area contributed by atoms with Gasteiger partial charge in [0.25, 0.3) is 0 Å². The molecule has 1 aliphatic rings. The zero-order valence-electron chi connectivity index (χ0n) is 11.7. The summed E-state index contributed by atoms with van der Waals surface area (Å²) in [5.41, 5.74) is 0. The van der Waals surface area contributed by atoms with Crippen LogP contribution in [0.2, 0.25) is 0 Å². The van der Waals surface area contributed by atoms with Gasteiger partial charge in [-0.25, -0.2) is 26.7 Å². The van der Waals surface area contributed by atoms with Crippen molar-refractivity contribution in [1.82, 2.24) is 9.62 Å². The van der Waals surface area contributed by atoms with E-state index in [0.717, 1.165) is 37.1 Å². The monoisotopic (exact) mass is 347 g/mol. The Morgan fingerprint density at radius 2 is 1.55 bits per heavy atom. The quantitative estimate of drug-likeness (QED) is 0.723. The molecule has 0 bridgehead atoms. The van der Waals surface area contributed by atoms with Crippen LogP contribution in [0.5, 0.6) is 0 Å². The van der Waals surface area contributed by atoms with Crippen molar-refractivity contribution >= 4 is 26.0 Å². The summed E-state index contributed by atoms with van der Waals surface area (Å²) in [6.45, 7) is 0.965. The van der Waals surface area contributed by atoms with Gasteiger partial charge in [-0.2, -0.15) is 0 Å². The second-order valence-electron chi connectivity index (χ2n) is 4.93. The lowest BCUT2D eigenvalue weighted by Gasteiger charge is -2.15. The fraction of sp³-hybridized carbons (Fsp3) is 0.417. The number of likely N-dealkylation sites (tertiary alicyclic amines) is 1. The lowest BCUT2D eigenvalue weighted by atomic mass is 10.4. The maximum atomic E-state index is 12.0. The summed E-state index contributed by atoms with van der Waals surface area (Å²) >= 11 is 0. The van der Waals surface area contributed by atoms with Gasteiger partial charge < -0.3 is 4.90 Å². The summed E-state index contributed by atoms with van der Waals surface area (Å²) in [4.78, 5) is 13.1. The number of primary sulfonamides is 1. The summed E-state index contributed by atoms with van der Waals surface area (Å²) in [5.74, 6) is -0.276. The third-order valence-corrected chi connectivity index (χ3v) is 5.68. The van der Waals surface area contributed by atoms with Crippen molar-refractivity contribution in [3.05, 3.63) is 24.3 Å². The predicted octanol–water partition coefficient (Wildman–Crippen LogP) is -0.765. The molecule has 1 aromatic rings. The first-order valence-corrected chi connectivity index (χ1v) is 9.63. The molecule has 0 aromatic heterocycles. The SMILES string of the molecule is NS(=O)(=O)c1ccc(S(=O)(=O)NCC(=O)N2CCCC2)cc1. The maximum absolute atomic E-state index is 12.0. The topological polar surface area (TPSA) is 127 Å². The fourth-order valence-electron chi connectivity index (χ4n) is 2.13. The molecular weight excluding hydrogens is 330 g/mol. The van der Waals surface area contributed by atoms with Crippen LogP contribution in [0.3, 0.4) is 0 Å². The van der Waals surface area contributed by atoms with Gasteiger partial charge in [0.2, 0.25) is 26.0 Å². The highest BCUT2D eigenvalue weighted by Gasteiger charge is 2.21. The Labute approximate surface area is 129 Å². The van der Waals surface area contributed by atoms with E-state index in [1.54, 1.807) is 4.90 Å². The Hall–Kier alpha value is -1.49. The second-order valence-corrected chi connectivity index (χ2v) is 8.26. The molecule has 1 heterocycles. The molecule has 10 heteroatoms. The van der Waals surface area contributed by atoms with Gasteiger partial charge in [0.15, 0.2) is 0 Å². The van der Waals surface area contributed by atoms with Crippen molar-refractivity contribution in [2.24, 2.45) is 5.14 Å². The lowest BCUT2D eigenvalue weighted by molar-refractivity contribution is -0.128. The summed E-state index contributed by atoms with van der Waals surface area (Å²) in [6, 6.07) is 4.46. The molecule has 0 spiro atoms. The van der Waals surface area contributed by atoms with E-state index in [4.69, 9.17) is 5.14 Å². The number of benzene rings is 1. The zero-order chi connectivity index (χ0) is 16.4. The molecule has 8 nitrogen and oxygen atoms in total. The summed E-state index contributed by atoms with van der Waals surface area (Å²) in [7, 11) is -7.76. The first-order chi connectivity index (χ1) is 10.2. The van der Waals surface area contributed by atoms with Crippen LogP contribution in [0, 0.1) is 0 Å². The van der Waals surface area contributed by atoms with E-state index in [0.29, 0.717) is 13.1 Å². The van der Waals surface area contributed by atoms with Gasteiger partial charge in [0, 0.05) is 13.1 Å². The fourth-order valence-corrected chi connectivity index (χ4v) is 3.62. The number of amides is 1. The van der Waals surface area contributed by atoms with E-state index < -0.39 is 20.0 Å². The maximum Gasteiger partial charge on any atom is 0.241 e. The van der Waals surface area contributed by atoms with Crippen LogP contribution in [0.15, 0.2) is 34.1 Å². The number of carbonyl (C=O) groups is 1. The Balaban J connectivity index is 2.05. The highest BCUT2D eigenvalue weighted by Crippen LogP contribution is 2.13. The molecule has 3 N–H and O–H groups in total. The molecule has 0 radical (unpaired) electrons. The van der Waals surface area contributed by atoms with E-state index in [1.165, 1.54) is 0 Å². The van der Waals surface area contributed by atoms with Gasteiger partial charge in [0.1, 0.15) is 0 Å². The van der Waals surface area contributed by atoms with Crippen LogP contribution in [0.1, 0.15) is 12.8 Å². The molecule has 1 aliphatic heterocycles. The Kier molecular flexibility index (Phi) is 4.85. The van der Waals surface area contributed by atoms with Crippen molar-refractivity contribution in [3.8, 4) is 0 Å². The number of hydrogen-bond acceptors (Lipinski definition) is 5. The van der Waals surface area contributed by atoms with E-state index >= 15 is 0 Å². The third kappa shape index (κ3) is 4.03. The first-order valence-electron chi connectivity index (χ1n) is 6.60. The predicted molar refractivity (Wildman–Crippen MR) is 78.8 cm³/mol. The minimum atomic E-state index is -3.88. The van der Waals surface area contributed by atoms with Crippen molar-refractivity contribution in [2.75, 3.05) is 19.6 Å². The molecule has 1 saturated heterocycles. The summed E-state index contributed by atoms with van der Waals surface area (Å²) in [6.07, 6.45) is 1.85. The largest absolute Gasteiger partial charge is 0.342 e. The molecule has 122 valence electrons. The molecule has 2 rings (SSSR count). The molecule has 0 saturated carbocycles. The molecule has 0 unspecified atom stereocenters. The molecule has 1 fully saturated rings. The Bertz CT molecular complexity index is 750. The normalized spacial score (nSPS) is 16.0. The highest BCUT2D eigenvalue weighted by atomic mass is 32.2. The summed E-state index contributed by atoms with van der Waals surface area (Å²) in [5, 5.41) is 4.94. The molecular formula is C12H17N3O5S2. The average molecular weight is 347 g/mol. The van der Waals surface area contributed by atoms with Crippen molar-refractivity contribution in [2.45, 2.75) is 22.6 Å². The van der Waals surface area contributed by atoms with Crippen LogP contribution in [-0.2, 0) is 24.8 Å². The van der Waals surface area contributed by atoms with Gasteiger partial charge in [-0.05, 0) is 37.1 Å². The average Bonchev–Trinajstić information content (AvgIpc) is 2.98. The van der Waals surface area contributed by atoms with Gasteiger partial charge in [-0.3, -0.25) is 4.79 Å². The molecule has 22 heavy (non-hydrogen) atoms. The summed E-state index contributed by atoms with van der Waals surface area (Å²) < 4.78 is 48.5. The van der Waals surface area contributed by atoms with E-state index in [9.17, 15) is 21.6 Å². The standard InChI is InChI=1S/C12H17N3O5S2/c13-21(17,18)10-3-5-11(6-4-10)22(19,20)14-9-12(16)15-7-1-2-8-15/h3-6,14H,1-2,7-9H2,(H2,13,17,18).